The van der Waals surface area contributed by atoms with Crippen molar-refractivity contribution in [1.82, 2.24) is 9.78 Å². The topological polar surface area (TPSA) is 43.8 Å². The average Bonchev–Trinajstić information content (AvgIpc) is 2.74. The van der Waals surface area contributed by atoms with E-state index in [1.165, 1.54) is 16.0 Å². The monoisotopic (exact) mass is 247 g/mol. The molecule has 0 radical (unpaired) electrons. The van der Waals surface area contributed by atoms with Crippen molar-refractivity contribution in [3.05, 3.63) is 47.8 Å². The highest BCUT2D eigenvalue weighted by molar-refractivity contribution is 7.98. The van der Waals surface area contributed by atoms with Crippen molar-refractivity contribution in [2.24, 2.45) is 12.8 Å². The molecule has 3 nitrogen and oxygen atoms in total. The first kappa shape index (κ1) is 12.2. The predicted octanol–water partition coefficient (Wildman–Crippen LogP) is 2.38. The number of hydrogen-bond acceptors (Lipinski definition) is 3. The fourth-order valence-electron chi connectivity index (χ4n) is 1.91. The molecule has 1 heterocycles. The number of hydrogen-bond donors (Lipinski definition) is 1. The molecule has 1 unspecified atom stereocenters. The predicted molar refractivity (Wildman–Crippen MR) is 72.1 cm³/mol. The molecular formula is C13H17N3S. The number of nitrogens with zero attached hydrogens (tertiary/aromatic N) is 2. The zero-order valence-corrected chi connectivity index (χ0v) is 10.9. The van der Waals surface area contributed by atoms with Crippen molar-refractivity contribution >= 4 is 11.8 Å². The third-order valence-corrected chi connectivity index (χ3v) is 3.56. The fourth-order valence-corrected chi connectivity index (χ4v) is 2.58. The molecule has 0 saturated carbocycles. The second-order valence-electron chi connectivity index (χ2n) is 4.07. The van der Waals surface area contributed by atoms with Crippen molar-refractivity contribution < 1.29 is 0 Å². The first-order valence-electron chi connectivity index (χ1n) is 5.56. The van der Waals surface area contributed by atoms with Crippen LogP contribution < -0.4 is 5.73 Å². The maximum absolute atomic E-state index is 6.26. The lowest BCUT2D eigenvalue weighted by Gasteiger charge is -2.14. The maximum atomic E-state index is 6.26. The third-order valence-electron chi connectivity index (χ3n) is 2.75. The molecule has 0 saturated heterocycles. The molecule has 90 valence electrons. The normalized spacial score (nSPS) is 12.6. The van der Waals surface area contributed by atoms with E-state index in [9.17, 15) is 0 Å². The van der Waals surface area contributed by atoms with Gasteiger partial charge in [0.2, 0.25) is 0 Å². The van der Waals surface area contributed by atoms with Crippen molar-refractivity contribution in [2.45, 2.75) is 17.4 Å². The molecule has 4 heteroatoms. The average molecular weight is 247 g/mol. The van der Waals surface area contributed by atoms with E-state index in [0.29, 0.717) is 0 Å². The number of aromatic nitrogens is 2. The Labute approximate surface area is 106 Å². The second kappa shape index (κ2) is 5.38. The van der Waals surface area contributed by atoms with Crippen LogP contribution in [0.3, 0.4) is 0 Å². The zero-order valence-electron chi connectivity index (χ0n) is 10.1. The van der Waals surface area contributed by atoms with Gasteiger partial charge in [0, 0.05) is 24.2 Å². The molecule has 1 atom stereocenters. The van der Waals surface area contributed by atoms with Gasteiger partial charge in [-0.2, -0.15) is 5.10 Å². The minimum Gasteiger partial charge on any atom is -0.324 e. The van der Waals surface area contributed by atoms with Crippen LogP contribution in [0, 0.1) is 0 Å². The van der Waals surface area contributed by atoms with Crippen molar-refractivity contribution in [3.63, 3.8) is 0 Å². The fraction of sp³-hybridized carbons (Fsp3) is 0.308. The summed E-state index contributed by atoms with van der Waals surface area (Å²) in [6.07, 6.45) is 6.80. The molecule has 2 N–H and O–H groups in total. The van der Waals surface area contributed by atoms with Gasteiger partial charge in [0.05, 0.1) is 6.20 Å². The molecule has 0 aliphatic heterocycles. The molecule has 2 rings (SSSR count). The Bertz CT molecular complexity index is 493. The Balaban J connectivity index is 2.16. The Kier molecular flexibility index (Phi) is 3.86. The van der Waals surface area contributed by atoms with Crippen molar-refractivity contribution in [1.29, 1.82) is 0 Å². The van der Waals surface area contributed by atoms with Crippen LogP contribution in [0.15, 0.2) is 41.6 Å². The lowest BCUT2D eigenvalue weighted by Crippen LogP contribution is -2.14. The highest BCUT2D eigenvalue weighted by atomic mass is 32.2. The van der Waals surface area contributed by atoms with Gasteiger partial charge in [-0.3, -0.25) is 4.68 Å². The maximum Gasteiger partial charge on any atom is 0.0522 e. The van der Waals surface area contributed by atoms with Crippen LogP contribution in [0.4, 0.5) is 0 Å². The first-order chi connectivity index (χ1) is 8.20. The van der Waals surface area contributed by atoms with Crippen molar-refractivity contribution in [3.8, 4) is 0 Å². The lowest BCUT2D eigenvalue weighted by molar-refractivity contribution is 0.706. The number of thioether (sulfide) groups is 1. The van der Waals surface area contributed by atoms with Crippen LogP contribution >= 0.6 is 11.8 Å². The van der Waals surface area contributed by atoms with E-state index in [0.717, 1.165) is 6.42 Å². The summed E-state index contributed by atoms with van der Waals surface area (Å²) in [5.74, 6) is 0. The molecule has 1 aromatic carbocycles. The number of nitrogens with two attached hydrogens (primary N) is 1. The number of rotatable bonds is 4. The summed E-state index contributed by atoms with van der Waals surface area (Å²) < 4.78 is 1.81. The summed E-state index contributed by atoms with van der Waals surface area (Å²) in [5, 5.41) is 4.16. The molecule has 0 aliphatic carbocycles. The molecule has 0 aliphatic rings. The molecule has 17 heavy (non-hydrogen) atoms. The van der Waals surface area contributed by atoms with Crippen LogP contribution in [0.25, 0.3) is 0 Å². The summed E-state index contributed by atoms with van der Waals surface area (Å²) in [6, 6.07) is 8.34. The van der Waals surface area contributed by atoms with Crippen LogP contribution in [-0.4, -0.2) is 16.0 Å². The van der Waals surface area contributed by atoms with Crippen LogP contribution in [0.1, 0.15) is 17.2 Å². The number of benzene rings is 1. The minimum atomic E-state index is 0.0304. The zero-order chi connectivity index (χ0) is 12.3. The highest BCUT2D eigenvalue weighted by Gasteiger charge is 2.11. The van der Waals surface area contributed by atoms with Crippen LogP contribution in [0.5, 0.6) is 0 Å². The molecule has 1 aromatic heterocycles. The van der Waals surface area contributed by atoms with E-state index < -0.39 is 0 Å². The van der Waals surface area contributed by atoms with E-state index in [-0.39, 0.29) is 6.04 Å². The molecule has 0 bridgehead atoms. The highest BCUT2D eigenvalue weighted by Crippen LogP contribution is 2.26. The quantitative estimate of drug-likeness (QED) is 0.844. The Hall–Kier alpha value is -1.26. The van der Waals surface area contributed by atoms with Gasteiger partial charge in [-0.05, 0) is 29.9 Å². The third kappa shape index (κ3) is 2.90. The van der Waals surface area contributed by atoms with Gasteiger partial charge >= 0.3 is 0 Å². The Morgan fingerprint density at radius 2 is 2.18 bits per heavy atom. The summed E-state index contributed by atoms with van der Waals surface area (Å²) in [5.41, 5.74) is 8.65. The van der Waals surface area contributed by atoms with E-state index >= 15 is 0 Å². The Morgan fingerprint density at radius 3 is 2.82 bits per heavy atom. The first-order valence-corrected chi connectivity index (χ1v) is 6.79. The summed E-state index contributed by atoms with van der Waals surface area (Å²) in [7, 11) is 1.92. The van der Waals surface area contributed by atoms with Gasteiger partial charge in [-0.25, -0.2) is 0 Å². The van der Waals surface area contributed by atoms with Gasteiger partial charge in [0.15, 0.2) is 0 Å². The minimum absolute atomic E-state index is 0.0304. The summed E-state index contributed by atoms with van der Waals surface area (Å²) in [6.45, 7) is 0. The smallest absolute Gasteiger partial charge is 0.0522 e. The van der Waals surface area contributed by atoms with Gasteiger partial charge in [0.1, 0.15) is 0 Å². The summed E-state index contributed by atoms with van der Waals surface area (Å²) in [4.78, 5) is 1.25. The molecule has 2 aromatic rings. The molecule has 0 amide bonds. The van der Waals surface area contributed by atoms with Crippen LogP contribution in [0.2, 0.25) is 0 Å². The Morgan fingerprint density at radius 1 is 1.41 bits per heavy atom. The SMILES string of the molecule is CSc1ccccc1C(N)Cc1cnn(C)c1. The summed E-state index contributed by atoms with van der Waals surface area (Å²) >= 11 is 1.74. The van der Waals surface area contributed by atoms with E-state index in [4.69, 9.17) is 5.73 Å². The van der Waals surface area contributed by atoms with Crippen LogP contribution in [-0.2, 0) is 13.5 Å². The largest absolute Gasteiger partial charge is 0.324 e. The second-order valence-corrected chi connectivity index (χ2v) is 4.92. The number of aryl methyl sites for hydroxylation is 1. The standard InChI is InChI=1S/C13H17N3S/c1-16-9-10(8-15-16)7-12(14)11-5-3-4-6-13(11)17-2/h3-6,8-9,12H,7,14H2,1-2H3. The lowest BCUT2D eigenvalue weighted by atomic mass is 10.0. The molecule has 0 spiro atoms. The van der Waals surface area contributed by atoms with Gasteiger partial charge in [-0.1, -0.05) is 18.2 Å². The van der Waals surface area contributed by atoms with Gasteiger partial charge in [0.25, 0.3) is 0 Å². The van der Waals surface area contributed by atoms with E-state index in [1.807, 2.05) is 36.3 Å². The van der Waals surface area contributed by atoms with Crippen molar-refractivity contribution in [2.75, 3.05) is 6.26 Å². The molecular weight excluding hydrogens is 230 g/mol. The molecule has 0 fully saturated rings. The van der Waals surface area contributed by atoms with E-state index in [2.05, 4.69) is 23.5 Å². The van der Waals surface area contributed by atoms with Gasteiger partial charge < -0.3 is 5.73 Å². The van der Waals surface area contributed by atoms with E-state index in [1.54, 1.807) is 11.8 Å². The van der Waals surface area contributed by atoms with Gasteiger partial charge in [-0.15, -0.1) is 11.8 Å².